The van der Waals surface area contributed by atoms with Gasteiger partial charge < -0.3 is 0 Å². The van der Waals surface area contributed by atoms with E-state index in [2.05, 4.69) is 20.3 Å². The molecule has 4 heteroatoms. The maximum absolute atomic E-state index is 5.99. The van der Waals surface area contributed by atoms with Gasteiger partial charge in [0.05, 0.1) is 15.9 Å². The number of hydrogen-bond donors (Lipinski definition) is 0. The quantitative estimate of drug-likeness (QED) is 0.692. The second kappa shape index (κ2) is 2.73. The Morgan fingerprint density at radius 2 is 2.27 bits per heavy atom. The van der Waals surface area contributed by atoms with Crippen molar-refractivity contribution in [2.45, 2.75) is 0 Å². The van der Waals surface area contributed by atoms with Gasteiger partial charge >= 0.3 is 0 Å². The van der Waals surface area contributed by atoms with Crippen LogP contribution in [0, 0.1) is 0 Å². The normalized spacial score (nSPS) is 10.7. The topological polar surface area (TPSA) is 12.9 Å². The number of hydrogen-bond acceptors (Lipinski definition) is 2. The summed E-state index contributed by atoms with van der Waals surface area (Å²) < 4.78 is 6.09. The molecule has 0 atom stereocenters. The van der Waals surface area contributed by atoms with Gasteiger partial charge in [-0.05, 0) is 39.6 Å². The van der Waals surface area contributed by atoms with E-state index >= 15 is 0 Å². The molecule has 0 aliphatic heterocycles. The highest BCUT2D eigenvalue weighted by Crippen LogP contribution is 2.32. The molecular weight excluding hydrogens is 246 g/mol. The highest BCUT2D eigenvalue weighted by atomic mass is 79.9. The summed E-state index contributed by atoms with van der Waals surface area (Å²) in [5.41, 5.74) is 0. The van der Waals surface area contributed by atoms with Crippen molar-refractivity contribution in [3.8, 4) is 0 Å². The van der Waals surface area contributed by atoms with Crippen LogP contribution in [0.2, 0.25) is 5.02 Å². The molecule has 56 valence electrons. The van der Waals surface area contributed by atoms with Gasteiger partial charge in [0, 0.05) is 9.86 Å². The largest absolute Gasteiger partial charge is 0.200 e. The zero-order valence-electron chi connectivity index (χ0n) is 5.34. The third-order valence-electron chi connectivity index (χ3n) is 1.43. The molecule has 0 aliphatic rings. The first-order chi connectivity index (χ1) is 5.29. The lowest BCUT2D eigenvalue weighted by Gasteiger charge is -1.94. The van der Waals surface area contributed by atoms with Gasteiger partial charge in [0.25, 0.3) is 0 Å². The van der Waals surface area contributed by atoms with Gasteiger partial charge in [-0.3, -0.25) is 0 Å². The van der Waals surface area contributed by atoms with E-state index in [1.807, 2.05) is 12.1 Å². The summed E-state index contributed by atoms with van der Waals surface area (Å²) in [5, 5.41) is 1.77. The van der Waals surface area contributed by atoms with Crippen LogP contribution < -0.4 is 0 Å². The lowest BCUT2D eigenvalue weighted by Crippen LogP contribution is -1.68. The fraction of sp³-hybridized carbons (Fsp3) is 0. The monoisotopic (exact) mass is 247 g/mol. The van der Waals surface area contributed by atoms with E-state index in [9.17, 15) is 0 Å². The van der Waals surface area contributed by atoms with Crippen molar-refractivity contribution >= 4 is 49.1 Å². The zero-order valence-corrected chi connectivity index (χ0v) is 8.50. The standard InChI is InChI=1S/C7H3BrClNS/c8-5-1-2-6-4(7(5)9)3-10-11-6/h1-3H. The summed E-state index contributed by atoms with van der Waals surface area (Å²) in [4.78, 5) is 0. The summed E-state index contributed by atoms with van der Waals surface area (Å²) in [6.07, 6.45) is 1.78. The van der Waals surface area contributed by atoms with Crippen LogP contribution in [0.3, 0.4) is 0 Å². The predicted molar refractivity (Wildman–Crippen MR) is 52.3 cm³/mol. The number of rotatable bonds is 0. The first kappa shape index (κ1) is 7.53. The molecule has 1 aromatic heterocycles. The van der Waals surface area contributed by atoms with Crippen molar-refractivity contribution in [2.24, 2.45) is 0 Å². The molecule has 1 heterocycles. The van der Waals surface area contributed by atoms with Crippen molar-refractivity contribution in [3.05, 3.63) is 27.8 Å². The molecule has 0 saturated carbocycles. The van der Waals surface area contributed by atoms with E-state index in [1.165, 1.54) is 11.5 Å². The van der Waals surface area contributed by atoms with Crippen molar-refractivity contribution in [1.82, 2.24) is 4.37 Å². The van der Waals surface area contributed by atoms with E-state index in [1.54, 1.807) is 6.20 Å². The molecule has 0 saturated heterocycles. The Bertz CT molecular complexity index is 398. The van der Waals surface area contributed by atoms with Crippen LogP contribution in [0.1, 0.15) is 0 Å². The average molecular weight is 249 g/mol. The number of nitrogens with zero attached hydrogens (tertiary/aromatic N) is 1. The third-order valence-corrected chi connectivity index (χ3v) is 3.49. The lowest BCUT2D eigenvalue weighted by atomic mass is 10.3. The minimum atomic E-state index is 0.747. The number of aromatic nitrogens is 1. The second-order valence-electron chi connectivity index (χ2n) is 2.10. The average Bonchev–Trinajstić information content (AvgIpc) is 2.45. The number of benzene rings is 1. The summed E-state index contributed by atoms with van der Waals surface area (Å²) >= 11 is 10.8. The molecule has 11 heavy (non-hydrogen) atoms. The number of halogens is 2. The minimum absolute atomic E-state index is 0.747. The van der Waals surface area contributed by atoms with E-state index in [0.29, 0.717) is 0 Å². The van der Waals surface area contributed by atoms with Crippen LogP contribution in [0.15, 0.2) is 22.8 Å². The molecule has 1 nitrogen and oxygen atoms in total. The Morgan fingerprint density at radius 1 is 1.45 bits per heavy atom. The molecule has 0 N–H and O–H groups in total. The highest BCUT2D eigenvalue weighted by molar-refractivity contribution is 9.10. The van der Waals surface area contributed by atoms with Crippen LogP contribution in [0.25, 0.3) is 10.1 Å². The fourth-order valence-corrected chi connectivity index (χ4v) is 2.15. The molecule has 0 aliphatic carbocycles. The molecule has 2 rings (SSSR count). The Labute approximate surface area is 81.3 Å². The Balaban J connectivity index is 2.93. The smallest absolute Gasteiger partial charge is 0.0651 e. The van der Waals surface area contributed by atoms with Crippen LogP contribution in [-0.2, 0) is 0 Å². The first-order valence-corrected chi connectivity index (χ1v) is 4.92. The Morgan fingerprint density at radius 3 is 3.09 bits per heavy atom. The second-order valence-corrected chi connectivity index (χ2v) is 4.16. The highest BCUT2D eigenvalue weighted by Gasteiger charge is 2.03. The molecule has 0 bridgehead atoms. The van der Waals surface area contributed by atoms with E-state index < -0.39 is 0 Å². The lowest BCUT2D eigenvalue weighted by molar-refractivity contribution is 1.60. The maximum Gasteiger partial charge on any atom is 0.0651 e. The van der Waals surface area contributed by atoms with E-state index in [0.717, 1.165) is 19.6 Å². The van der Waals surface area contributed by atoms with E-state index in [4.69, 9.17) is 11.6 Å². The van der Waals surface area contributed by atoms with Gasteiger partial charge in [-0.2, -0.15) is 4.37 Å². The molecule has 2 aromatic rings. The Hall–Kier alpha value is -0.120. The van der Waals surface area contributed by atoms with Gasteiger partial charge in [0.1, 0.15) is 0 Å². The minimum Gasteiger partial charge on any atom is -0.200 e. The third kappa shape index (κ3) is 1.17. The molecule has 0 fully saturated rings. The van der Waals surface area contributed by atoms with Crippen LogP contribution in [0.5, 0.6) is 0 Å². The molecule has 0 unspecified atom stereocenters. The summed E-state index contributed by atoms with van der Waals surface area (Å²) in [5.74, 6) is 0. The number of fused-ring (bicyclic) bond motifs is 1. The summed E-state index contributed by atoms with van der Waals surface area (Å²) in [7, 11) is 0. The van der Waals surface area contributed by atoms with Gasteiger partial charge in [-0.25, -0.2) is 0 Å². The fourth-order valence-electron chi connectivity index (χ4n) is 0.884. The summed E-state index contributed by atoms with van der Waals surface area (Å²) in [6.45, 7) is 0. The van der Waals surface area contributed by atoms with Crippen molar-refractivity contribution in [2.75, 3.05) is 0 Å². The maximum atomic E-state index is 5.99. The molecule has 1 aromatic carbocycles. The molecule has 0 radical (unpaired) electrons. The first-order valence-electron chi connectivity index (χ1n) is 2.97. The van der Waals surface area contributed by atoms with Crippen LogP contribution in [-0.4, -0.2) is 4.37 Å². The van der Waals surface area contributed by atoms with E-state index in [-0.39, 0.29) is 0 Å². The van der Waals surface area contributed by atoms with Crippen LogP contribution in [0.4, 0.5) is 0 Å². The molecule has 0 amide bonds. The Kier molecular flexibility index (Phi) is 1.87. The van der Waals surface area contributed by atoms with Crippen molar-refractivity contribution in [3.63, 3.8) is 0 Å². The summed E-state index contributed by atoms with van der Waals surface area (Å²) in [6, 6.07) is 3.94. The van der Waals surface area contributed by atoms with Gasteiger partial charge in [0.2, 0.25) is 0 Å². The van der Waals surface area contributed by atoms with Gasteiger partial charge in [-0.15, -0.1) is 0 Å². The van der Waals surface area contributed by atoms with Crippen molar-refractivity contribution in [1.29, 1.82) is 0 Å². The van der Waals surface area contributed by atoms with Gasteiger partial charge in [-0.1, -0.05) is 11.6 Å². The zero-order chi connectivity index (χ0) is 7.84. The van der Waals surface area contributed by atoms with Gasteiger partial charge in [0.15, 0.2) is 0 Å². The van der Waals surface area contributed by atoms with Crippen molar-refractivity contribution < 1.29 is 0 Å². The predicted octanol–water partition coefficient (Wildman–Crippen LogP) is 3.71. The van der Waals surface area contributed by atoms with Crippen LogP contribution >= 0.6 is 39.1 Å². The molecular formula is C7H3BrClNS. The SMILES string of the molecule is Clc1c(Br)ccc2sncc12. The molecule has 0 spiro atoms.